The molecule has 0 spiro atoms. The molecule has 4 atom stereocenters. The maximum atomic E-state index is 13.7. The van der Waals surface area contributed by atoms with Crippen molar-refractivity contribution >= 4 is 45.4 Å². The molecular formula is C30H41ClN4O7S. The highest BCUT2D eigenvalue weighted by atomic mass is 35.5. The van der Waals surface area contributed by atoms with Gasteiger partial charge in [-0.1, -0.05) is 48.7 Å². The Kier molecular flexibility index (Phi) is 10.1. The molecule has 1 saturated carbocycles. The first-order chi connectivity index (χ1) is 20.2. The largest absolute Gasteiger partial charge is 0.444 e. The summed E-state index contributed by atoms with van der Waals surface area (Å²) < 4.78 is 33.4. The molecule has 1 aromatic carbocycles. The van der Waals surface area contributed by atoms with Crippen molar-refractivity contribution in [2.75, 3.05) is 6.54 Å². The van der Waals surface area contributed by atoms with Crippen molar-refractivity contribution in [1.29, 1.82) is 0 Å². The Hall–Kier alpha value is -3.12. The third kappa shape index (κ3) is 8.72. The van der Waals surface area contributed by atoms with Crippen LogP contribution in [0.2, 0.25) is 5.02 Å². The topological polar surface area (TPSA) is 151 Å². The van der Waals surface area contributed by atoms with E-state index in [4.69, 9.17) is 16.3 Å². The van der Waals surface area contributed by atoms with Crippen molar-refractivity contribution in [1.82, 2.24) is 20.3 Å². The number of benzene rings is 1. The fourth-order valence-corrected chi connectivity index (χ4v) is 7.03. The summed E-state index contributed by atoms with van der Waals surface area (Å²) in [5.74, 6) is -2.58. The van der Waals surface area contributed by atoms with Gasteiger partial charge in [0.15, 0.2) is 0 Å². The van der Waals surface area contributed by atoms with Gasteiger partial charge in [-0.2, -0.15) is 0 Å². The standard InChI is InChI=1S/C30H41ClN4O7S/c1-29(2,3)42-28(39)32-23-14-8-6-4-5-7-12-21-18-30(21,33-25(36)24-15-10-16-35(24)26(23)37)27(38)34-43(40,41)19-20-11-9-13-22(31)17-20/h7,9,11-13,17,21,23-24H,4-6,8,10,14-16,18-19H2,1-3H3,(H,32,39)(H,33,36)(H,34,38)/b12-7-/t21-,23+,24+,30-/m1/s1. The summed E-state index contributed by atoms with van der Waals surface area (Å²) in [6, 6.07) is 4.62. The number of alkyl carbamates (subject to hydrolysis) is 1. The van der Waals surface area contributed by atoms with E-state index in [2.05, 4.69) is 15.4 Å². The first-order valence-electron chi connectivity index (χ1n) is 14.8. The van der Waals surface area contributed by atoms with Crippen LogP contribution in [0.5, 0.6) is 0 Å². The number of ether oxygens (including phenoxy) is 1. The number of allylic oxidation sites excluding steroid dienone is 1. The van der Waals surface area contributed by atoms with Crippen molar-refractivity contribution in [3.63, 3.8) is 0 Å². The molecule has 3 aliphatic rings. The van der Waals surface area contributed by atoms with E-state index in [0.717, 1.165) is 12.8 Å². The van der Waals surface area contributed by atoms with Gasteiger partial charge in [0.25, 0.3) is 5.91 Å². The number of carbonyl (C=O) groups is 4. The molecule has 1 aliphatic carbocycles. The molecule has 11 nitrogen and oxygen atoms in total. The quantitative estimate of drug-likeness (QED) is 0.418. The van der Waals surface area contributed by atoms with Crippen LogP contribution in [-0.2, 0) is 34.9 Å². The molecule has 0 unspecified atom stereocenters. The number of fused-ring (bicyclic) bond motifs is 2. The van der Waals surface area contributed by atoms with Crippen molar-refractivity contribution < 1.29 is 32.3 Å². The summed E-state index contributed by atoms with van der Waals surface area (Å²) in [6.07, 6.45) is 7.69. The van der Waals surface area contributed by atoms with Gasteiger partial charge in [0.1, 0.15) is 23.2 Å². The molecule has 43 heavy (non-hydrogen) atoms. The summed E-state index contributed by atoms with van der Waals surface area (Å²) in [6.45, 7) is 5.52. The van der Waals surface area contributed by atoms with Gasteiger partial charge < -0.3 is 20.3 Å². The van der Waals surface area contributed by atoms with E-state index < -0.39 is 62.8 Å². The lowest BCUT2D eigenvalue weighted by Gasteiger charge is -2.30. The van der Waals surface area contributed by atoms with E-state index in [1.54, 1.807) is 39.0 Å². The highest BCUT2D eigenvalue weighted by molar-refractivity contribution is 7.89. The van der Waals surface area contributed by atoms with Crippen LogP contribution in [-0.4, -0.2) is 66.9 Å². The second-order valence-electron chi connectivity index (χ2n) is 12.5. The zero-order valence-electron chi connectivity index (χ0n) is 24.9. The molecule has 0 aromatic heterocycles. The lowest BCUT2D eigenvalue weighted by molar-refractivity contribution is -0.141. The van der Waals surface area contributed by atoms with Crippen molar-refractivity contribution in [3.8, 4) is 0 Å². The van der Waals surface area contributed by atoms with E-state index >= 15 is 0 Å². The Labute approximate surface area is 258 Å². The van der Waals surface area contributed by atoms with Crippen LogP contribution >= 0.6 is 11.6 Å². The molecule has 2 heterocycles. The average Bonchev–Trinajstić information content (AvgIpc) is 3.35. The minimum atomic E-state index is -4.10. The van der Waals surface area contributed by atoms with E-state index in [1.165, 1.54) is 11.0 Å². The van der Waals surface area contributed by atoms with Crippen molar-refractivity contribution in [2.24, 2.45) is 5.92 Å². The first-order valence-corrected chi connectivity index (χ1v) is 16.8. The second kappa shape index (κ2) is 13.3. The van der Waals surface area contributed by atoms with Crippen molar-refractivity contribution in [2.45, 2.75) is 101 Å². The number of sulfonamides is 1. The first kappa shape index (κ1) is 32.8. The maximum absolute atomic E-state index is 13.7. The fourth-order valence-electron chi connectivity index (χ4n) is 5.66. The van der Waals surface area contributed by atoms with E-state index in [0.29, 0.717) is 49.2 Å². The number of nitrogens with zero attached hydrogens (tertiary/aromatic N) is 1. The van der Waals surface area contributed by atoms with Gasteiger partial charge in [-0.3, -0.25) is 19.1 Å². The van der Waals surface area contributed by atoms with E-state index in [9.17, 15) is 27.6 Å². The van der Waals surface area contributed by atoms with Crippen LogP contribution in [0.25, 0.3) is 0 Å². The van der Waals surface area contributed by atoms with Crippen LogP contribution in [0.3, 0.4) is 0 Å². The van der Waals surface area contributed by atoms with E-state index in [1.807, 2.05) is 12.2 Å². The third-order valence-electron chi connectivity index (χ3n) is 7.82. The Bertz CT molecular complexity index is 1380. The predicted octanol–water partition coefficient (Wildman–Crippen LogP) is 3.57. The number of hydrogen-bond acceptors (Lipinski definition) is 7. The second-order valence-corrected chi connectivity index (χ2v) is 14.7. The van der Waals surface area contributed by atoms with Crippen LogP contribution in [0, 0.1) is 5.92 Å². The van der Waals surface area contributed by atoms with Crippen LogP contribution in [0.15, 0.2) is 36.4 Å². The Morgan fingerprint density at radius 1 is 1.14 bits per heavy atom. The minimum Gasteiger partial charge on any atom is -0.444 e. The Balaban J connectivity index is 1.53. The summed E-state index contributed by atoms with van der Waals surface area (Å²) in [5.41, 5.74) is -1.79. The summed E-state index contributed by atoms with van der Waals surface area (Å²) in [7, 11) is -4.10. The Morgan fingerprint density at radius 3 is 2.63 bits per heavy atom. The highest BCUT2D eigenvalue weighted by Crippen LogP contribution is 2.45. The van der Waals surface area contributed by atoms with Gasteiger partial charge in [0, 0.05) is 17.5 Å². The summed E-state index contributed by atoms with van der Waals surface area (Å²) in [4.78, 5) is 54.9. The molecule has 2 aliphatic heterocycles. The molecule has 236 valence electrons. The summed E-state index contributed by atoms with van der Waals surface area (Å²) in [5, 5.41) is 5.89. The SMILES string of the molecule is CC(C)(C)OC(=O)N[C@H]1CCCCC/C=C\[C@@H]2C[C@@]2(C(=O)NS(=O)(=O)Cc2cccc(Cl)c2)NC(=O)[C@@H]2CCCN2C1=O. The van der Waals surface area contributed by atoms with Crippen LogP contribution in [0.1, 0.15) is 77.7 Å². The molecule has 13 heteroatoms. The maximum Gasteiger partial charge on any atom is 0.408 e. The highest BCUT2D eigenvalue weighted by Gasteiger charge is 2.61. The zero-order chi connectivity index (χ0) is 31.4. The van der Waals surface area contributed by atoms with E-state index in [-0.39, 0.29) is 12.3 Å². The normalized spacial score (nSPS) is 27.4. The number of hydrogen-bond donors (Lipinski definition) is 3. The van der Waals surface area contributed by atoms with Crippen LogP contribution in [0.4, 0.5) is 4.79 Å². The van der Waals surface area contributed by atoms with Gasteiger partial charge in [0.2, 0.25) is 21.8 Å². The van der Waals surface area contributed by atoms with Gasteiger partial charge in [-0.25, -0.2) is 13.2 Å². The molecular weight excluding hydrogens is 596 g/mol. The lowest BCUT2D eigenvalue weighted by atomic mass is 10.0. The minimum absolute atomic E-state index is 0.233. The number of carbonyl (C=O) groups excluding carboxylic acids is 4. The van der Waals surface area contributed by atoms with Gasteiger partial charge in [0.05, 0.1) is 5.75 Å². The predicted molar refractivity (Wildman–Crippen MR) is 161 cm³/mol. The zero-order valence-corrected chi connectivity index (χ0v) is 26.4. The van der Waals surface area contributed by atoms with Gasteiger partial charge in [-0.15, -0.1) is 0 Å². The molecule has 2 fully saturated rings. The molecule has 0 radical (unpaired) electrons. The molecule has 1 saturated heterocycles. The molecule has 0 bridgehead atoms. The fraction of sp³-hybridized carbons (Fsp3) is 0.600. The number of amides is 4. The molecule has 3 N–H and O–H groups in total. The number of nitrogens with one attached hydrogen (secondary N) is 3. The number of halogens is 1. The molecule has 4 rings (SSSR count). The van der Waals surface area contributed by atoms with Crippen LogP contribution < -0.4 is 15.4 Å². The summed E-state index contributed by atoms with van der Waals surface area (Å²) >= 11 is 5.99. The molecule has 4 amide bonds. The van der Waals surface area contributed by atoms with Gasteiger partial charge in [-0.05, 0) is 77.0 Å². The van der Waals surface area contributed by atoms with Crippen molar-refractivity contribution in [3.05, 3.63) is 47.0 Å². The average molecular weight is 637 g/mol. The third-order valence-corrected chi connectivity index (χ3v) is 9.26. The Morgan fingerprint density at radius 2 is 1.91 bits per heavy atom. The lowest BCUT2D eigenvalue weighted by Crippen LogP contribution is -2.58. The smallest absolute Gasteiger partial charge is 0.408 e. The molecule has 1 aromatic rings. The number of rotatable bonds is 5. The van der Waals surface area contributed by atoms with Gasteiger partial charge >= 0.3 is 6.09 Å². The monoisotopic (exact) mass is 636 g/mol.